The second-order valence-corrected chi connectivity index (χ2v) is 3.11. The Kier molecular flexibility index (Phi) is 2.46. The number of pyridine rings is 1. The van der Waals surface area contributed by atoms with E-state index in [-0.39, 0.29) is 5.75 Å². The van der Waals surface area contributed by atoms with Crippen LogP contribution in [0, 0.1) is 0 Å². The molecule has 15 heavy (non-hydrogen) atoms. The summed E-state index contributed by atoms with van der Waals surface area (Å²) in [4.78, 5) is 14.9. The number of benzene rings is 1. The largest absolute Gasteiger partial charge is 0.508 e. The molecule has 1 aromatic carbocycles. The van der Waals surface area contributed by atoms with Gasteiger partial charge in [-0.05, 0) is 24.3 Å². The molecule has 1 heterocycles. The highest BCUT2D eigenvalue weighted by atomic mass is 16.3. The predicted molar refractivity (Wildman–Crippen MR) is 56.7 cm³/mol. The van der Waals surface area contributed by atoms with Crippen molar-refractivity contribution in [1.29, 1.82) is 0 Å². The van der Waals surface area contributed by atoms with Crippen LogP contribution < -0.4 is 0 Å². The molecule has 1 N–H and O–H groups in total. The summed E-state index contributed by atoms with van der Waals surface area (Å²) in [6, 6.07) is 10.1. The lowest BCUT2D eigenvalue weighted by Crippen LogP contribution is -1.90. The van der Waals surface area contributed by atoms with Gasteiger partial charge in [0.25, 0.3) is 0 Å². The molecule has 0 bridgehead atoms. The number of rotatable bonds is 2. The highest BCUT2D eigenvalue weighted by molar-refractivity contribution is 5.85. The zero-order valence-corrected chi connectivity index (χ0v) is 7.92. The molecule has 0 saturated heterocycles. The van der Waals surface area contributed by atoms with Gasteiger partial charge in [-0.1, -0.05) is 12.1 Å². The number of aldehydes is 1. The molecule has 2 rings (SSSR count). The number of carbonyl (C=O) groups excluding carboxylic acids is 1. The van der Waals surface area contributed by atoms with E-state index in [9.17, 15) is 9.90 Å². The smallest absolute Gasteiger partial charge is 0.152 e. The molecule has 3 nitrogen and oxygen atoms in total. The first kappa shape index (κ1) is 9.40. The third-order valence-electron chi connectivity index (χ3n) is 2.09. The van der Waals surface area contributed by atoms with Crippen LogP contribution in [0.2, 0.25) is 0 Å². The highest BCUT2D eigenvalue weighted by Crippen LogP contribution is 2.23. The first-order chi connectivity index (χ1) is 7.31. The molecule has 0 aliphatic rings. The fourth-order valence-corrected chi connectivity index (χ4v) is 1.41. The zero-order chi connectivity index (χ0) is 10.7. The second kappa shape index (κ2) is 3.92. The normalized spacial score (nSPS) is 9.87. The third-order valence-corrected chi connectivity index (χ3v) is 2.09. The molecule has 0 aliphatic carbocycles. The van der Waals surface area contributed by atoms with E-state index in [1.165, 1.54) is 0 Å². The summed E-state index contributed by atoms with van der Waals surface area (Å²) in [6.07, 6.45) is 2.37. The summed E-state index contributed by atoms with van der Waals surface area (Å²) < 4.78 is 0. The Hall–Kier alpha value is -2.16. The Morgan fingerprint density at radius 2 is 2.07 bits per heavy atom. The fourth-order valence-electron chi connectivity index (χ4n) is 1.41. The van der Waals surface area contributed by atoms with Crippen molar-refractivity contribution in [3.8, 4) is 17.0 Å². The van der Waals surface area contributed by atoms with E-state index in [0.29, 0.717) is 11.3 Å². The minimum absolute atomic E-state index is 0.162. The summed E-state index contributed by atoms with van der Waals surface area (Å²) in [5.41, 5.74) is 1.84. The van der Waals surface area contributed by atoms with Gasteiger partial charge in [-0.15, -0.1) is 0 Å². The van der Waals surface area contributed by atoms with Crippen LogP contribution in [0.3, 0.4) is 0 Å². The molecule has 1 aromatic heterocycles. The first-order valence-corrected chi connectivity index (χ1v) is 4.51. The van der Waals surface area contributed by atoms with Crippen LogP contribution in [0.4, 0.5) is 0 Å². The minimum atomic E-state index is 0.162. The molecule has 2 aromatic rings. The van der Waals surface area contributed by atoms with Crippen LogP contribution in [-0.4, -0.2) is 16.4 Å². The summed E-state index contributed by atoms with van der Waals surface area (Å²) in [7, 11) is 0. The Morgan fingerprint density at radius 1 is 1.20 bits per heavy atom. The topological polar surface area (TPSA) is 50.2 Å². The van der Waals surface area contributed by atoms with Crippen LogP contribution in [0.25, 0.3) is 11.3 Å². The number of hydrogen-bond donors (Lipinski definition) is 1. The second-order valence-electron chi connectivity index (χ2n) is 3.11. The molecule has 0 radical (unpaired) electrons. The number of phenolic OH excluding ortho intramolecular Hbond substituents is 1. The average Bonchev–Trinajstić information content (AvgIpc) is 2.29. The maximum atomic E-state index is 10.8. The van der Waals surface area contributed by atoms with Crippen LogP contribution in [-0.2, 0) is 0 Å². The number of hydrogen-bond acceptors (Lipinski definition) is 3. The van der Waals surface area contributed by atoms with E-state index in [2.05, 4.69) is 4.98 Å². The van der Waals surface area contributed by atoms with E-state index in [0.717, 1.165) is 11.8 Å². The van der Waals surface area contributed by atoms with E-state index < -0.39 is 0 Å². The Morgan fingerprint density at radius 3 is 2.80 bits per heavy atom. The van der Waals surface area contributed by atoms with Gasteiger partial charge in [0.05, 0.1) is 5.69 Å². The van der Waals surface area contributed by atoms with Crippen molar-refractivity contribution in [3.05, 3.63) is 48.2 Å². The summed E-state index contributed by atoms with van der Waals surface area (Å²) in [5.74, 6) is 0.162. The summed E-state index contributed by atoms with van der Waals surface area (Å²) >= 11 is 0. The van der Waals surface area contributed by atoms with Crippen LogP contribution in [0.5, 0.6) is 5.75 Å². The van der Waals surface area contributed by atoms with Gasteiger partial charge in [-0.3, -0.25) is 9.78 Å². The molecular weight excluding hydrogens is 190 g/mol. The number of nitrogens with zero attached hydrogens (tertiary/aromatic N) is 1. The lowest BCUT2D eigenvalue weighted by atomic mass is 10.1. The van der Waals surface area contributed by atoms with Crippen molar-refractivity contribution >= 4 is 6.29 Å². The third kappa shape index (κ3) is 1.86. The monoisotopic (exact) mass is 199 g/mol. The van der Waals surface area contributed by atoms with Crippen LogP contribution in [0.15, 0.2) is 42.6 Å². The van der Waals surface area contributed by atoms with Gasteiger partial charge < -0.3 is 5.11 Å². The Balaban J connectivity index is 2.58. The van der Waals surface area contributed by atoms with E-state index in [1.807, 2.05) is 0 Å². The van der Waals surface area contributed by atoms with Crippen molar-refractivity contribution in [2.24, 2.45) is 0 Å². The summed E-state index contributed by atoms with van der Waals surface area (Å²) in [6.45, 7) is 0. The quantitative estimate of drug-likeness (QED) is 0.755. The zero-order valence-electron chi connectivity index (χ0n) is 7.92. The fraction of sp³-hybridized carbons (Fsp3) is 0. The SMILES string of the molecule is O=Cc1cccnc1-c1cccc(O)c1. The van der Waals surface area contributed by atoms with Crippen molar-refractivity contribution < 1.29 is 9.90 Å². The predicted octanol–water partition coefficient (Wildman–Crippen LogP) is 2.27. The van der Waals surface area contributed by atoms with Gasteiger partial charge in [0, 0.05) is 17.3 Å². The van der Waals surface area contributed by atoms with Gasteiger partial charge in [-0.2, -0.15) is 0 Å². The van der Waals surface area contributed by atoms with Crippen molar-refractivity contribution in [1.82, 2.24) is 4.98 Å². The van der Waals surface area contributed by atoms with Gasteiger partial charge in [-0.25, -0.2) is 0 Å². The molecule has 0 spiro atoms. The van der Waals surface area contributed by atoms with E-state index in [1.54, 1.807) is 42.6 Å². The van der Waals surface area contributed by atoms with Crippen LogP contribution in [0.1, 0.15) is 10.4 Å². The van der Waals surface area contributed by atoms with Crippen LogP contribution >= 0.6 is 0 Å². The highest BCUT2D eigenvalue weighted by Gasteiger charge is 2.05. The Labute approximate surface area is 87.0 Å². The van der Waals surface area contributed by atoms with Crippen molar-refractivity contribution in [2.45, 2.75) is 0 Å². The molecule has 0 unspecified atom stereocenters. The maximum absolute atomic E-state index is 10.8. The molecule has 3 heteroatoms. The number of phenols is 1. The maximum Gasteiger partial charge on any atom is 0.152 e. The first-order valence-electron chi connectivity index (χ1n) is 4.51. The molecule has 0 atom stereocenters. The number of aromatic hydroxyl groups is 1. The van der Waals surface area contributed by atoms with Crippen molar-refractivity contribution in [3.63, 3.8) is 0 Å². The molecule has 74 valence electrons. The lowest BCUT2D eigenvalue weighted by molar-refractivity contribution is 0.112. The minimum Gasteiger partial charge on any atom is -0.508 e. The number of carbonyl (C=O) groups is 1. The molecule has 0 fully saturated rings. The van der Waals surface area contributed by atoms with Crippen molar-refractivity contribution in [2.75, 3.05) is 0 Å². The molecular formula is C12H9NO2. The molecule has 0 amide bonds. The van der Waals surface area contributed by atoms with Gasteiger partial charge in [0.15, 0.2) is 6.29 Å². The average molecular weight is 199 g/mol. The van der Waals surface area contributed by atoms with Gasteiger partial charge in [0.2, 0.25) is 0 Å². The van der Waals surface area contributed by atoms with E-state index >= 15 is 0 Å². The van der Waals surface area contributed by atoms with Gasteiger partial charge in [0.1, 0.15) is 5.75 Å². The standard InChI is InChI=1S/C12H9NO2/c14-8-10-4-2-6-13-12(10)9-3-1-5-11(15)7-9/h1-8,15H. The van der Waals surface area contributed by atoms with Gasteiger partial charge >= 0.3 is 0 Å². The lowest BCUT2D eigenvalue weighted by Gasteiger charge is -2.03. The van der Waals surface area contributed by atoms with E-state index in [4.69, 9.17) is 0 Å². The Bertz CT molecular complexity index is 494. The molecule has 0 aliphatic heterocycles. The summed E-state index contributed by atoms with van der Waals surface area (Å²) in [5, 5.41) is 9.32. The number of aromatic nitrogens is 1. The molecule has 0 saturated carbocycles.